The van der Waals surface area contributed by atoms with E-state index in [9.17, 15) is 9.59 Å². The second kappa shape index (κ2) is 8.45. The van der Waals surface area contributed by atoms with Gasteiger partial charge in [0.25, 0.3) is 5.91 Å². The Morgan fingerprint density at radius 1 is 1.30 bits per heavy atom. The van der Waals surface area contributed by atoms with Gasteiger partial charge in [0.1, 0.15) is 6.04 Å². The van der Waals surface area contributed by atoms with Gasteiger partial charge in [-0.3, -0.25) is 14.6 Å². The summed E-state index contributed by atoms with van der Waals surface area (Å²) in [7, 11) is 0. The summed E-state index contributed by atoms with van der Waals surface area (Å²) in [6.07, 6.45) is 2.09. The highest BCUT2D eigenvalue weighted by molar-refractivity contribution is 7.14. The molecule has 6 nitrogen and oxygen atoms in total. The average Bonchev–Trinajstić information content (AvgIpc) is 3.22. The highest BCUT2D eigenvalue weighted by Gasteiger charge is 2.28. The molecule has 0 saturated heterocycles. The van der Waals surface area contributed by atoms with Crippen molar-refractivity contribution in [1.82, 2.24) is 10.3 Å². The van der Waals surface area contributed by atoms with Gasteiger partial charge >= 0.3 is 0 Å². The van der Waals surface area contributed by atoms with Gasteiger partial charge < -0.3 is 16.0 Å². The first kappa shape index (κ1) is 20.4. The van der Waals surface area contributed by atoms with Crippen LogP contribution in [0.25, 0.3) is 0 Å². The number of anilines is 2. The SMILES string of the molecule is Cc1ncc(Cl)cc1NC(C)c1ccc(C(=O)NC2Cc3ccccc3NC2=O)s1. The number of halogens is 1. The molecule has 2 unspecified atom stereocenters. The first-order valence-corrected chi connectivity index (χ1v) is 10.8. The molecule has 2 aromatic heterocycles. The largest absolute Gasteiger partial charge is 0.376 e. The van der Waals surface area contributed by atoms with Crippen LogP contribution in [0.3, 0.4) is 0 Å². The van der Waals surface area contributed by atoms with Crippen molar-refractivity contribution in [3.8, 4) is 0 Å². The smallest absolute Gasteiger partial charge is 0.262 e. The van der Waals surface area contributed by atoms with E-state index in [1.165, 1.54) is 11.3 Å². The minimum atomic E-state index is -0.589. The normalized spacial score (nSPS) is 16.4. The van der Waals surface area contributed by atoms with E-state index in [1.54, 1.807) is 12.3 Å². The van der Waals surface area contributed by atoms with Gasteiger partial charge in [0, 0.05) is 23.2 Å². The molecule has 0 radical (unpaired) electrons. The van der Waals surface area contributed by atoms with Crippen molar-refractivity contribution < 1.29 is 9.59 Å². The zero-order valence-electron chi connectivity index (χ0n) is 16.5. The van der Waals surface area contributed by atoms with Crippen LogP contribution in [0.15, 0.2) is 48.7 Å². The zero-order valence-corrected chi connectivity index (χ0v) is 18.1. The number of aryl methyl sites for hydroxylation is 1. The van der Waals surface area contributed by atoms with E-state index in [-0.39, 0.29) is 17.9 Å². The summed E-state index contributed by atoms with van der Waals surface area (Å²) in [5, 5.41) is 9.66. The van der Waals surface area contributed by atoms with Crippen molar-refractivity contribution in [2.45, 2.75) is 32.4 Å². The van der Waals surface area contributed by atoms with E-state index in [0.29, 0.717) is 16.3 Å². The predicted octanol–water partition coefficient (Wildman–Crippen LogP) is 4.57. The van der Waals surface area contributed by atoms with Gasteiger partial charge in [-0.2, -0.15) is 0 Å². The van der Waals surface area contributed by atoms with Crippen molar-refractivity contribution in [3.05, 3.63) is 74.7 Å². The number of hydrogen-bond acceptors (Lipinski definition) is 5. The number of amides is 2. The second-order valence-corrected chi connectivity index (χ2v) is 8.78. The summed E-state index contributed by atoms with van der Waals surface area (Å²) in [6, 6.07) is 12.5. The maximum atomic E-state index is 12.7. The van der Waals surface area contributed by atoms with Gasteiger partial charge in [0.15, 0.2) is 0 Å². The minimum absolute atomic E-state index is 0.0274. The summed E-state index contributed by atoms with van der Waals surface area (Å²) in [5.74, 6) is -0.448. The Bertz CT molecular complexity index is 1110. The van der Waals surface area contributed by atoms with E-state index in [4.69, 9.17) is 11.6 Å². The number of aromatic nitrogens is 1. The molecule has 3 N–H and O–H groups in total. The molecule has 2 amide bonds. The van der Waals surface area contributed by atoms with Crippen LogP contribution in [0.1, 0.15) is 38.8 Å². The highest BCUT2D eigenvalue weighted by atomic mass is 35.5. The highest BCUT2D eigenvalue weighted by Crippen LogP contribution is 2.29. The molecule has 0 bridgehead atoms. The number of fused-ring (bicyclic) bond motifs is 1. The number of carbonyl (C=O) groups is 2. The third-order valence-corrected chi connectivity index (χ3v) is 6.50. The number of carbonyl (C=O) groups excluding carboxylic acids is 2. The average molecular weight is 441 g/mol. The maximum Gasteiger partial charge on any atom is 0.262 e. The number of thiophene rings is 1. The molecule has 4 rings (SSSR count). The van der Waals surface area contributed by atoms with Gasteiger partial charge in [0.05, 0.1) is 27.3 Å². The van der Waals surface area contributed by atoms with Crippen molar-refractivity contribution in [1.29, 1.82) is 0 Å². The number of pyridine rings is 1. The van der Waals surface area contributed by atoms with Crippen LogP contribution in [0.5, 0.6) is 0 Å². The van der Waals surface area contributed by atoms with Gasteiger partial charge in [-0.1, -0.05) is 29.8 Å². The fourth-order valence-corrected chi connectivity index (χ4v) is 4.44. The standard InChI is InChI=1S/C22H21ClN4O2S/c1-12-17(10-15(23)11-24-12)25-13(2)19-7-8-20(30-19)22(29)27-18-9-14-5-3-4-6-16(14)26-21(18)28/h3-8,10-11,13,18,25H,9H2,1-2H3,(H,26,28)(H,27,29). The van der Waals surface area contributed by atoms with Crippen molar-refractivity contribution in [3.63, 3.8) is 0 Å². The number of benzene rings is 1. The molecule has 3 heterocycles. The lowest BCUT2D eigenvalue weighted by Gasteiger charge is -2.25. The first-order valence-electron chi connectivity index (χ1n) is 9.59. The Labute approximate surface area is 183 Å². The molecule has 30 heavy (non-hydrogen) atoms. The second-order valence-electron chi connectivity index (χ2n) is 7.23. The molecule has 1 aromatic carbocycles. The lowest BCUT2D eigenvalue weighted by Crippen LogP contribution is -2.47. The molecule has 8 heteroatoms. The van der Waals surface area contributed by atoms with Gasteiger partial charge in [-0.15, -0.1) is 11.3 Å². The molecule has 0 spiro atoms. The van der Waals surface area contributed by atoms with Crippen LogP contribution in [0.2, 0.25) is 5.02 Å². The molecule has 2 atom stereocenters. The molecule has 3 aromatic rings. The summed E-state index contributed by atoms with van der Waals surface area (Å²) < 4.78 is 0. The van der Waals surface area contributed by atoms with E-state index in [1.807, 2.05) is 50.2 Å². The van der Waals surface area contributed by atoms with Crippen molar-refractivity contribution >= 4 is 46.1 Å². The number of hydrogen-bond donors (Lipinski definition) is 3. The molecule has 154 valence electrons. The molecule has 1 aliphatic heterocycles. The third-order valence-electron chi connectivity index (χ3n) is 5.02. The Balaban J connectivity index is 1.43. The fourth-order valence-electron chi connectivity index (χ4n) is 3.36. The lowest BCUT2D eigenvalue weighted by atomic mass is 9.99. The van der Waals surface area contributed by atoms with Gasteiger partial charge in [-0.05, 0) is 43.7 Å². The van der Waals surface area contributed by atoms with E-state index in [2.05, 4.69) is 20.9 Å². The molecule has 0 fully saturated rings. The first-order chi connectivity index (χ1) is 14.4. The van der Waals surface area contributed by atoms with Gasteiger partial charge in [-0.25, -0.2) is 0 Å². The Morgan fingerprint density at radius 2 is 2.10 bits per heavy atom. The predicted molar refractivity (Wildman–Crippen MR) is 120 cm³/mol. The van der Waals surface area contributed by atoms with Crippen LogP contribution in [0, 0.1) is 6.92 Å². The fraction of sp³-hybridized carbons (Fsp3) is 0.227. The third kappa shape index (κ3) is 4.32. The maximum absolute atomic E-state index is 12.7. The summed E-state index contributed by atoms with van der Waals surface area (Å²) >= 11 is 7.44. The molecule has 1 aliphatic rings. The zero-order chi connectivity index (χ0) is 21.3. The van der Waals surface area contributed by atoms with Crippen molar-refractivity contribution in [2.24, 2.45) is 0 Å². The number of nitrogens with one attached hydrogen (secondary N) is 3. The Morgan fingerprint density at radius 3 is 2.93 bits per heavy atom. The quantitative estimate of drug-likeness (QED) is 0.542. The summed E-state index contributed by atoms with van der Waals surface area (Å²) in [4.78, 5) is 30.9. The summed E-state index contributed by atoms with van der Waals surface area (Å²) in [5.41, 5.74) is 3.52. The number of nitrogens with zero attached hydrogens (tertiary/aromatic N) is 1. The number of rotatable bonds is 5. The van der Waals surface area contributed by atoms with Crippen LogP contribution in [0.4, 0.5) is 11.4 Å². The summed E-state index contributed by atoms with van der Waals surface area (Å²) in [6.45, 7) is 3.92. The van der Waals surface area contributed by atoms with Crippen molar-refractivity contribution in [2.75, 3.05) is 10.6 Å². The molecule has 0 saturated carbocycles. The van der Waals surface area contributed by atoms with E-state index in [0.717, 1.165) is 27.5 Å². The Hall–Kier alpha value is -2.90. The molecular weight excluding hydrogens is 420 g/mol. The van der Waals surface area contributed by atoms with Crippen LogP contribution < -0.4 is 16.0 Å². The minimum Gasteiger partial charge on any atom is -0.376 e. The number of para-hydroxylation sites is 1. The van der Waals surface area contributed by atoms with E-state index >= 15 is 0 Å². The monoisotopic (exact) mass is 440 g/mol. The van der Waals surface area contributed by atoms with Crippen LogP contribution >= 0.6 is 22.9 Å². The van der Waals surface area contributed by atoms with E-state index < -0.39 is 6.04 Å². The van der Waals surface area contributed by atoms with Gasteiger partial charge in [0.2, 0.25) is 5.91 Å². The Kier molecular flexibility index (Phi) is 5.74. The molecule has 0 aliphatic carbocycles. The molecular formula is C22H21ClN4O2S. The van der Waals surface area contributed by atoms with Crippen LogP contribution in [-0.2, 0) is 11.2 Å². The van der Waals surface area contributed by atoms with Crippen LogP contribution in [-0.4, -0.2) is 22.8 Å². The topological polar surface area (TPSA) is 83.1 Å². The lowest BCUT2D eigenvalue weighted by molar-refractivity contribution is -0.118.